The van der Waals surface area contributed by atoms with Crippen molar-refractivity contribution in [3.8, 4) is 11.1 Å². The Morgan fingerprint density at radius 3 is 2.24 bits per heavy atom. The third-order valence-electron chi connectivity index (χ3n) is 3.95. The molecular formula is C18H10F7N3O. The number of amides is 1. The van der Waals surface area contributed by atoms with Crippen LogP contribution in [0.15, 0.2) is 36.4 Å². The first-order valence-electron chi connectivity index (χ1n) is 7.85. The molecule has 2 aromatic carbocycles. The van der Waals surface area contributed by atoms with Gasteiger partial charge in [-0.2, -0.15) is 22.7 Å². The van der Waals surface area contributed by atoms with E-state index in [-0.39, 0.29) is 22.0 Å². The number of alkyl halides is 3. The Labute approximate surface area is 158 Å². The zero-order valence-corrected chi connectivity index (χ0v) is 14.4. The fraction of sp³-hybridized carbons (Fsp3) is 0.111. The minimum Gasteiger partial charge on any atom is -0.321 e. The molecule has 4 nitrogen and oxygen atoms in total. The summed E-state index contributed by atoms with van der Waals surface area (Å²) in [5, 5.41) is 5.00. The maximum Gasteiger partial charge on any atom is 0.436 e. The van der Waals surface area contributed by atoms with Crippen molar-refractivity contribution < 1.29 is 35.5 Å². The number of nitrogens with one attached hydrogen (secondary N) is 1. The molecule has 1 amide bonds. The molecule has 1 N–H and O–H groups in total. The first kappa shape index (κ1) is 20.4. The standard InChI is InChI=1S/C18H10F7N3O/c1-28-16(22)14(15(27-28)18(23,24)25)17(29)26-13-5-3-2-4-8(13)9-6-11(20)12(21)7-10(9)19/h2-7H,1H3,(H,26,29). The number of carbonyl (C=O) groups is 1. The predicted octanol–water partition coefficient (Wildman–Crippen LogP) is 4.91. The van der Waals surface area contributed by atoms with E-state index in [9.17, 15) is 35.5 Å². The predicted molar refractivity (Wildman–Crippen MR) is 87.9 cm³/mol. The normalized spacial score (nSPS) is 11.6. The van der Waals surface area contributed by atoms with Crippen molar-refractivity contribution in [1.82, 2.24) is 9.78 Å². The summed E-state index contributed by atoms with van der Waals surface area (Å²) in [6.07, 6.45) is -5.11. The van der Waals surface area contributed by atoms with E-state index in [4.69, 9.17) is 0 Å². The van der Waals surface area contributed by atoms with Crippen LogP contribution in [0.2, 0.25) is 0 Å². The highest BCUT2D eigenvalue weighted by Gasteiger charge is 2.41. The van der Waals surface area contributed by atoms with Crippen molar-refractivity contribution in [2.45, 2.75) is 6.18 Å². The summed E-state index contributed by atoms with van der Waals surface area (Å²) in [6.45, 7) is 0. The summed E-state index contributed by atoms with van der Waals surface area (Å²) >= 11 is 0. The molecule has 0 atom stereocenters. The molecule has 1 aromatic heterocycles. The van der Waals surface area contributed by atoms with Crippen LogP contribution in [0.3, 0.4) is 0 Å². The summed E-state index contributed by atoms with van der Waals surface area (Å²) in [5.74, 6) is -7.03. The van der Waals surface area contributed by atoms with E-state index in [0.29, 0.717) is 6.07 Å². The SMILES string of the molecule is Cn1nc(C(F)(F)F)c(C(=O)Nc2ccccc2-c2cc(F)c(F)cc2F)c1F. The van der Waals surface area contributed by atoms with E-state index in [0.717, 1.165) is 7.05 Å². The summed E-state index contributed by atoms with van der Waals surface area (Å²) in [6, 6.07) is 5.93. The number of halogens is 7. The van der Waals surface area contributed by atoms with Crippen molar-refractivity contribution in [2.24, 2.45) is 7.05 Å². The Kier molecular flexibility index (Phi) is 5.07. The van der Waals surface area contributed by atoms with Crippen LogP contribution >= 0.6 is 0 Å². The number of rotatable bonds is 3. The Bertz CT molecular complexity index is 1110. The number of hydrogen-bond acceptors (Lipinski definition) is 2. The minimum absolute atomic E-state index is 0.157. The maximum absolute atomic E-state index is 14.1. The smallest absolute Gasteiger partial charge is 0.321 e. The molecule has 1 heterocycles. The lowest BCUT2D eigenvalue weighted by Gasteiger charge is -2.13. The zero-order chi connectivity index (χ0) is 21.5. The molecule has 11 heteroatoms. The zero-order valence-electron chi connectivity index (χ0n) is 14.4. The van der Waals surface area contributed by atoms with Crippen molar-refractivity contribution in [2.75, 3.05) is 5.32 Å². The van der Waals surface area contributed by atoms with Crippen LogP contribution < -0.4 is 5.32 Å². The first-order chi connectivity index (χ1) is 13.5. The van der Waals surface area contributed by atoms with Crippen molar-refractivity contribution in [3.05, 3.63) is 71.1 Å². The van der Waals surface area contributed by atoms with E-state index in [1.807, 2.05) is 5.32 Å². The lowest BCUT2D eigenvalue weighted by atomic mass is 10.0. The third kappa shape index (κ3) is 3.80. The van der Waals surface area contributed by atoms with Gasteiger partial charge in [0.1, 0.15) is 11.4 Å². The molecule has 0 spiro atoms. The molecule has 0 aliphatic heterocycles. The van der Waals surface area contributed by atoms with Gasteiger partial charge in [0.2, 0.25) is 5.95 Å². The van der Waals surface area contributed by atoms with Crippen LogP contribution in [0.5, 0.6) is 0 Å². The fourth-order valence-corrected chi connectivity index (χ4v) is 2.64. The van der Waals surface area contributed by atoms with Gasteiger partial charge in [-0.15, -0.1) is 0 Å². The molecule has 0 fully saturated rings. The van der Waals surface area contributed by atoms with Gasteiger partial charge >= 0.3 is 6.18 Å². The molecule has 152 valence electrons. The molecule has 0 aliphatic rings. The van der Waals surface area contributed by atoms with Gasteiger partial charge in [-0.1, -0.05) is 18.2 Å². The summed E-state index contributed by atoms with van der Waals surface area (Å²) in [5.41, 5.74) is -3.97. The monoisotopic (exact) mass is 417 g/mol. The Morgan fingerprint density at radius 2 is 1.59 bits per heavy atom. The van der Waals surface area contributed by atoms with E-state index in [1.165, 1.54) is 24.3 Å². The van der Waals surface area contributed by atoms with Crippen molar-refractivity contribution in [1.29, 1.82) is 0 Å². The Hall–Kier alpha value is -3.37. The number of aromatic nitrogens is 2. The van der Waals surface area contributed by atoms with Crippen molar-refractivity contribution in [3.63, 3.8) is 0 Å². The molecule has 0 radical (unpaired) electrons. The van der Waals surface area contributed by atoms with E-state index in [1.54, 1.807) is 0 Å². The van der Waals surface area contributed by atoms with Gasteiger partial charge in [-0.3, -0.25) is 4.79 Å². The van der Waals surface area contributed by atoms with Gasteiger partial charge in [0.15, 0.2) is 17.3 Å². The number of anilines is 1. The maximum atomic E-state index is 14.1. The summed E-state index contributed by atoms with van der Waals surface area (Å²) < 4.78 is 94.3. The van der Waals surface area contributed by atoms with Crippen LogP contribution in [0.4, 0.5) is 36.4 Å². The van der Waals surface area contributed by atoms with E-state index < -0.39 is 52.3 Å². The number of hydrogen-bond donors (Lipinski definition) is 1. The van der Waals surface area contributed by atoms with Crippen LogP contribution in [0.25, 0.3) is 11.1 Å². The third-order valence-corrected chi connectivity index (χ3v) is 3.95. The highest BCUT2D eigenvalue weighted by molar-refractivity contribution is 6.07. The van der Waals surface area contributed by atoms with Crippen LogP contribution in [-0.4, -0.2) is 15.7 Å². The van der Waals surface area contributed by atoms with Gasteiger partial charge in [-0.05, 0) is 12.1 Å². The second kappa shape index (κ2) is 7.22. The lowest BCUT2D eigenvalue weighted by Crippen LogP contribution is -2.19. The van der Waals surface area contributed by atoms with Crippen LogP contribution in [-0.2, 0) is 13.2 Å². The molecule has 0 aliphatic carbocycles. The average molecular weight is 417 g/mol. The highest BCUT2D eigenvalue weighted by atomic mass is 19.4. The molecule has 3 rings (SSSR count). The Balaban J connectivity index is 2.06. The number of carbonyl (C=O) groups excluding carboxylic acids is 1. The summed E-state index contributed by atoms with van der Waals surface area (Å²) in [4.78, 5) is 12.4. The highest BCUT2D eigenvalue weighted by Crippen LogP contribution is 2.34. The minimum atomic E-state index is -5.11. The largest absolute Gasteiger partial charge is 0.436 e. The van der Waals surface area contributed by atoms with Crippen molar-refractivity contribution >= 4 is 11.6 Å². The molecule has 29 heavy (non-hydrogen) atoms. The average Bonchev–Trinajstić information content (AvgIpc) is 2.94. The number of para-hydroxylation sites is 1. The fourth-order valence-electron chi connectivity index (χ4n) is 2.64. The topological polar surface area (TPSA) is 46.9 Å². The van der Waals surface area contributed by atoms with Crippen LogP contribution in [0, 0.1) is 23.4 Å². The second-order valence-electron chi connectivity index (χ2n) is 5.88. The second-order valence-corrected chi connectivity index (χ2v) is 5.88. The van der Waals surface area contributed by atoms with Gasteiger partial charge in [0.25, 0.3) is 5.91 Å². The van der Waals surface area contributed by atoms with Crippen LogP contribution in [0.1, 0.15) is 16.1 Å². The van der Waals surface area contributed by atoms with Gasteiger partial charge in [0.05, 0.1) is 0 Å². The first-order valence-corrected chi connectivity index (χ1v) is 7.85. The van der Waals surface area contributed by atoms with E-state index >= 15 is 0 Å². The quantitative estimate of drug-likeness (QED) is 0.486. The van der Waals surface area contributed by atoms with Gasteiger partial charge < -0.3 is 5.32 Å². The van der Waals surface area contributed by atoms with Gasteiger partial charge in [-0.25, -0.2) is 17.9 Å². The number of nitrogens with zero attached hydrogens (tertiary/aromatic N) is 2. The number of benzene rings is 2. The lowest BCUT2D eigenvalue weighted by molar-refractivity contribution is -0.141. The van der Waals surface area contributed by atoms with E-state index in [2.05, 4.69) is 5.10 Å². The molecule has 0 bridgehead atoms. The molecule has 3 aromatic rings. The molecule has 0 saturated carbocycles. The molecule has 0 saturated heterocycles. The number of aryl methyl sites for hydroxylation is 1. The summed E-state index contributed by atoms with van der Waals surface area (Å²) in [7, 11) is 0.881. The molecular weight excluding hydrogens is 407 g/mol. The molecule has 0 unspecified atom stereocenters. The van der Waals surface area contributed by atoms with Gasteiger partial charge in [0, 0.05) is 29.9 Å². The Morgan fingerprint density at radius 1 is 0.966 bits per heavy atom.